The second-order valence-electron chi connectivity index (χ2n) is 6.06. The smallest absolute Gasteiger partial charge is 0.258 e. The highest BCUT2D eigenvalue weighted by Gasteiger charge is 2.21. The van der Waals surface area contributed by atoms with E-state index >= 15 is 0 Å². The molecule has 2 aromatic carbocycles. The van der Waals surface area contributed by atoms with Crippen molar-refractivity contribution in [2.24, 2.45) is 0 Å². The zero-order valence-corrected chi connectivity index (χ0v) is 17.4. The van der Waals surface area contributed by atoms with Crippen LogP contribution < -0.4 is 10.1 Å². The van der Waals surface area contributed by atoms with Crippen molar-refractivity contribution < 1.29 is 17.9 Å². The Balaban J connectivity index is 0.00000300. The van der Waals surface area contributed by atoms with Crippen LogP contribution in [0.1, 0.15) is 23.7 Å². The number of pyridine rings is 1. The first-order chi connectivity index (χ1) is 13.5. The lowest BCUT2D eigenvalue weighted by molar-refractivity contribution is 0.102. The van der Waals surface area contributed by atoms with E-state index < -0.39 is 15.7 Å². The Kier molecular flexibility index (Phi) is 7.75. The number of nitrogens with one attached hydrogen (secondary N) is 1. The normalized spacial score (nSPS) is 10.7. The summed E-state index contributed by atoms with van der Waals surface area (Å²) in [5, 5.41) is 2.63. The summed E-state index contributed by atoms with van der Waals surface area (Å²) in [5.74, 6) is 0.958. The number of nitrogens with zero attached hydrogens (tertiary/aromatic N) is 1. The Hall–Kier alpha value is -2.90. The molecule has 0 saturated carbocycles. The predicted molar refractivity (Wildman–Crippen MR) is 115 cm³/mol. The third-order valence-electron chi connectivity index (χ3n) is 3.90. The van der Waals surface area contributed by atoms with Crippen molar-refractivity contribution in [3.05, 3.63) is 78.5 Å². The molecule has 8 heteroatoms. The lowest BCUT2D eigenvalue weighted by Gasteiger charge is -2.11. The van der Waals surface area contributed by atoms with Crippen molar-refractivity contribution in [2.45, 2.75) is 18.2 Å². The molecule has 0 aliphatic carbocycles. The number of carbonyl (C=O) groups is 1. The zero-order valence-electron chi connectivity index (χ0n) is 15.7. The zero-order chi connectivity index (χ0) is 20.0. The van der Waals surface area contributed by atoms with Gasteiger partial charge in [0.15, 0.2) is 9.84 Å². The maximum atomic E-state index is 12.6. The largest absolute Gasteiger partial charge is 0.456 e. The predicted octanol–water partition coefficient (Wildman–Crippen LogP) is 4.73. The van der Waals surface area contributed by atoms with E-state index in [2.05, 4.69) is 10.3 Å². The van der Waals surface area contributed by atoms with E-state index in [0.29, 0.717) is 23.7 Å². The maximum absolute atomic E-state index is 12.6. The first-order valence-corrected chi connectivity index (χ1v) is 10.5. The lowest BCUT2D eigenvalue weighted by Crippen LogP contribution is -2.18. The number of ether oxygens (including phenoxy) is 1. The third-order valence-corrected chi connectivity index (χ3v) is 5.87. The molecule has 29 heavy (non-hydrogen) atoms. The number of carbonyl (C=O) groups excluding carboxylic acids is 1. The van der Waals surface area contributed by atoms with Crippen LogP contribution in [-0.2, 0) is 9.84 Å². The van der Waals surface area contributed by atoms with Crippen LogP contribution in [0.5, 0.6) is 11.5 Å². The monoisotopic (exact) mass is 432 g/mol. The van der Waals surface area contributed by atoms with Crippen molar-refractivity contribution in [2.75, 3.05) is 11.1 Å². The van der Waals surface area contributed by atoms with E-state index in [4.69, 9.17) is 4.74 Å². The number of rotatable bonds is 7. The van der Waals surface area contributed by atoms with Crippen molar-refractivity contribution >= 4 is 34.0 Å². The minimum Gasteiger partial charge on any atom is -0.456 e. The molecule has 3 rings (SSSR count). The number of benzene rings is 2. The first kappa shape index (κ1) is 22.4. The average molecular weight is 433 g/mol. The van der Waals surface area contributed by atoms with Crippen molar-refractivity contribution in [1.82, 2.24) is 4.98 Å². The molecule has 1 heterocycles. The molecule has 1 N–H and O–H groups in total. The van der Waals surface area contributed by atoms with Gasteiger partial charge < -0.3 is 10.1 Å². The topological polar surface area (TPSA) is 85.4 Å². The molecule has 0 spiro atoms. The molecule has 0 atom stereocenters. The van der Waals surface area contributed by atoms with E-state index in [9.17, 15) is 13.2 Å². The molecular weight excluding hydrogens is 412 g/mol. The maximum Gasteiger partial charge on any atom is 0.258 e. The van der Waals surface area contributed by atoms with Gasteiger partial charge in [0.05, 0.1) is 22.4 Å². The molecule has 0 aliphatic heterocycles. The van der Waals surface area contributed by atoms with Gasteiger partial charge in [0.2, 0.25) is 0 Å². The van der Waals surface area contributed by atoms with Gasteiger partial charge in [-0.15, -0.1) is 12.4 Å². The van der Waals surface area contributed by atoms with Crippen LogP contribution in [0.3, 0.4) is 0 Å². The molecule has 0 radical (unpaired) electrons. The number of anilines is 1. The molecule has 0 unspecified atom stereocenters. The number of halogens is 1. The third kappa shape index (κ3) is 5.79. The Morgan fingerprint density at radius 2 is 1.66 bits per heavy atom. The van der Waals surface area contributed by atoms with Crippen molar-refractivity contribution in [3.63, 3.8) is 0 Å². The van der Waals surface area contributed by atoms with Gasteiger partial charge in [0, 0.05) is 0 Å². The SMILES string of the molecule is CCCS(=O)(=O)c1ccccc1C(=O)Nc1ccc(Oc2ccccc2)cn1.Cl. The van der Waals surface area contributed by atoms with E-state index in [1.165, 1.54) is 18.3 Å². The number of aromatic nitrogens is 1. The van der Waals surface area contributed by atoms with Gasteiger partial charge >= 0.3 is 0 Å². The van der Waals surface area contributed by atoms with Crippen molar-refractivity contribution in [1.29, 1.82) is 0 Å². The molecule has 6 nitrogen and oxygen atoms in total. The fourth-order valence-corrected chi connectivity index (χ4v) is 4.17. The molecule has 3 aromatic rings. The fraction of sp³-hybridized carbons (Fsp3) is 0.143. The summed E-state index contributed by atoms with van der Waals surface area (Å²) in [7, 11) is -3.52. The number of para-hydroxylation sites is 1. The van der Waals surface area contributed by atoms with Crippen LogP contribution >= 0.6 is 12.4 Å². The Morgan fingerprint density at radius 3 is 2.31 bits per heavy atom. The standard InChI is InChI=1S/C21H20N2O4S.ClH/c1-2-14-28(25,26)19-11-7-6-10-18(19)21(24)23-20-13-12-17(15-22-20)27-16-8-4-3-5-9-16;/h3-13,15H,2,14H2,1H3,(H,22,23,24);1H. The molecule has 1 amide bonds. The summed E-state index contributed by atoms with van der Waals surface area (Å²) in [6, 6.07) is 18.7. The second-order valence-corrected chi connectivity index (χ2v) is 8.14. The first-order valence-electron chi connectivity index (χ1n) is 8.81. The van der Waals surface area contributed by atoms with Gasteiger partial charge in [-0.2, -0.15) is 0 Å². The highest BCUT2D eigenvalue weighted by Crippen LogP contribution is 2.22. The number of sulfone groups is 1. The van der Waals surface area contributed by atoms with Crippen LogP contribution in [0.2, 0.25) is 0 Å². The lowest BCUT2D eigenvalue weighted by atomic mass is 10.2. The molecule has 1 aromatic heterocycles. The second kappa shape index (κ2) is 10.0. The van der Waals surface area contributed by atoms with Gasteiger partial charge in [-0.3, -0.25) is 4.79 Å². The molecule has 0 aliphatic rings. The highest BCUT2D eigenvalue weighted by molar-refractivity contribution is 7.91. The minimum absolute atomic E-state index is 0. The van der Waals surface area contributed by atoms with Gasteiger partial charge in [0.1, 0.15) is 17.3 Å². The van der Waals surface area contributed by atoms with Crippen LogP contribution in [0.15, 0.2) is 77.8 Å². The minimum atomic E-state index is -3.52. The summed E-state index contributed by atoms with van der Waals surface area (Å²) in [6.07, 6.45) is 1.96. The van der Waals surface area contributed by atoms with Crippen LogP contribution in [0, 0.1) is 0 Å². The molecule has 0 bridgehead atoms. The van der Waals surface area contributed by atoms with Gasteiger partial charge in [-0.05, 0) is 42.8 Å². The van der Waals surface area contributed by atoms with E-state index in [-0.39, 0.29) is 28.6 Å². The summed E-state index contributed by atoms with van der Waals surface area (Å²) in [6.45, 7) is 1.78. The summed E-state index contributed by atoms with van der Waals surface area (Å²) < 4.78 is 30.5. The molecule has 152 valence electrons. The Bertz CT molecular complexity index is 1060. The summed E-state index contributed by atoms with van der Waals surface area (Å²) in [4.78, 5) is 16.8. The molecule has 0 saturated heterocycles. The van der Waals surface area contributed by atoms with Crippen molar-refractivity contribution in [3.8, 4) is 11.5 Å². The van der Waals surface area contributed by atoms with Crippen LogP contribution in [0.4, 0.5) is 5.82 Å². The van der Waals surface area contributed by atoms with Gasteiger partial charge in [-0.1, -0.05) is 37.3 Å². The van der Waals surface area contributed by atoms with Crippen LogP contribution in [0.25, 0.3) is 0 Å². The highest BCUT2D eigenvalue weighted by atomic mass is 35.5. The average Bonchev–Trinajstić information content (AvgIpc) is 2.70. The Morgan fingerprint density at radius 1 is 0.966 bits per heavy atom. The van der Waals surface area contributed by atoms with E-state index in [1.807, 2.05) is 30.3 Å². The Labute approximate surface area is 176 Å². The fourth-order valence-electron chi connectivity index (χ4n) is 2.63. The number of amides is 1. The molecular formula is C21H21ClN2O4S. The molecule has 0 fully saturated rings. The summed E-state index contributed by atoms with van der Waals surface area (Å²) in [5.41, 5.74) is 0.0994. The quantitative estimate of drug-likeness (QED) is 0.583. The van der Waals surface area contributed by atoms with E-state index in [0.717, 1.165) is 0 Å². The number of hydrogen-bond donors (Lipinski definition) is 1. The van der Waals surface area contributed by atoms with Crippen LogP contribution in [-0.4, -0.2) is 25.1 Å². The number of hydrogen-bond acceptors (Lipinski definition) is 5. The summed E-state index contributed by atoms with van der Waals surface area (Å²) >= 11 is 0. The van der Waals surface area contributed by atoms with E-state index in [1.54, 1.807) is 31.2 Å². The van der Waals surface area contributed by atoms with Gasteiger partial charge in [-0.25, -0.2) is 13.4 Å². The van der Waals surface area contributed by atoms with Gasteiger partial charge in [0.25, 0.3) is 5.91 Å².